The molecule has 0 amide bonds. The zero-order valence-electron chi connectivity index (χ0n) is 15.1. The highest BCUT2D eigenvalue weighted by Gasteiger charge is 2.38. The molecule has 1 fully saturated rings. The Hall–Kier alpha value is -2.97. The molecule has 0 atom stereocenters. The number of ether oxygens (including phenoxy) is 2. The van der Waals surface area contributed by atoms with Gasteiger partial charge in [0.2, 0.25) is 15.9 Å². The molecule has 4 rings (SSSR count). The van der Waals surface area contributed by atoms with Gasteiger partial charge in [-0.2, -0.15) is 4.31 Å². The topological polar surface area (TPSA) is 85.8 Å². The van der Waals surface area contributed by atoms with Crippen molar-refractivity contribution in [2.45, 2.75) is 11.0 Å². The predicted octanol–water partition coefficient (Wildman–Crippen LogP) is 2.47. The number of esters is 1. The summed E-state index contributed by atoms with van der Waals surface area (Å²) in [7, 11) is -2.36. The Kier molecular flexibility index (Phi) is 4.74. The van der Waals surface area contributed by atoms with E-state index in [1.807, 2.05) is 30.3 Å². The van der Waals surface area contributed by atoms with Crippen LogP contribution < -0.4 is 4.74 Å². The molecule has 0 radical (unpaired) electrons. The maximum absolute atomic E-state index is 12.7. The van der Waals surface area contributed by atoms with Crippen LogP contribution in [0, 0.1) is 0 Å². The van der Waals surface area contributed by atoms with Crippen LogP contribution in [0.2, 0.25) is 0 Å². The summed E-state index contributed by atoms with van der Waals surface area (Å²) in [4.78, 5) is 16.0. The van der Waals surface area contributed by atoms with E-state index in [2.05, 4.69) is 9.72 Å². The first-order chi connectivity index (χ1) is 13.5. The van der Waals surface area contributed by atoms with Gasteiger partial charge in [-0.25, -0.2) is 18.2 Å². The van der Waals surface area contributed by atoms with E-state index in [0.717, 1.165) is 10.9 Å². The predicted molar refractivity (Wildman–Crippen MR) is 103 cm³/mol. The van der Waals surface area contributed by atoms with Crippen LogP contribution in [0.4, 0.5) is 0 Å². The normalized spacial score (nSPS) is 15.2. The Balaban J connectivity index is 1.41. The number of benzene rings is 2. The molecule has 0 aliphatic carbocycles. The summed E-state index contributed by atoms with van der Waals surface area (Å²) in [5.41, 5.74) is 1.13. The lowest BCUT2D eigenvalue weighted by Gasteiger charge is -2.37. The molecule has 1 aromatic heterocycles. The molecule has 0 saturated carbocycles. The number of sulfonamides is 1. The summed E-state index contributed by atoms with van der Waals surface area (Å²) < 4.78 is 37.1. The number of methoxy groups -OCH3 is 1. The summed E-state index contributed by atoms with van der Waals surface area (Å²) in [6.07, 6.45) is -0.252. The van der Waals surface area contributed by atoms with Gasteiger partial charge in [0.1, 0.15) is 6.10 Å². The second-order valence-electron chi connectivity index (χ2n) is 6.42. The van der Waals surface area contributed by atoms with Crippen LogP contribution in [-0.4, -0.2) is 50.0 Å². The van der Waals surface area contributed by atoms with Crippen molar-refractivity contribution in [3.8, 4) is 5.88 Å². The van der Waals surface area contributed by atoms with Crippen molar-refractivity contribution < 1.29 is 22.7 Å². The Bertz CT molecular complexity index is 1120. The lowest BCUT2D eigenvalue weighted by molar-refractivity contribution is 0.0600. The van der Waals surface area contributed by atoms with E-state index in [4.69, 9.17) is 4.74 Å². The number of para-hydroxylation sites is 1. The Morgan fingerprint density at radius 3 is 2.46 bits per heavy atom. The number of carbonyl (C=O) groups excluding carboxylic acids is 1. The number of hydrogen-bond donors (Lipinski definition) is 0. The van der Waals surface area contributed by atoms with E-state index in [0.29, 0.717) is 11.4 Å². The van der Waals surface area contributed by atoms with Gasteiger partial charge >= 0.3 is 5.97 Å². The molecule has 0 unspecified atom stereocenters. The van der Waals surface area contributed by atoms with E-state index in [-0.39, 0.29) is 24.1 Å². The second-order valence-corrected chi connectivity index (χ2v) is 8.36. The molecule has 144 valence electrons. The van der Waals surface area contributed by atoms with Gasteiger partial charge < -0.3 is 9.47 Å². The van der Waals surface area contributed by atoms with Gasteiger partial charge in [0.05, 0.1) is 36.2 Å². The van der Waals surface area contributed by atoms with Crippen LogP contribution in [0.25, 0.3) is 10.9 Å². The molecule has 8 heteroatoms. The van der Waals surface area contributed by atoms with Crippen molar-refractivity contribution in [1.29, 1.82) is 0 Å². The zero-order valence-corrected chi connectivity index (χ0v) is 15.9. The van der Waals surface area contributed by atoms with Gasteiger partial charge in [-0.1, -0.05) is 18.2 Å². The third-order valence-electron chi connectivity index (χ3n) is 4.59. The van der Waals surface area contributed by atoms with Crippen molar-refractivity contribution in [2.24, 2.45) is 0 Å². The highest BCUT2D eigenvalue weighted by molar-refractivity contribution is 7.89. The molecule has 28 heavy (non-hydrogen) atoms. The Morgan fingerprint density at radius 2 is 1.75 bits per heavy atom. The van der Waals surface area contributed by atoms with Crippen molar-refractivity contribution in [3.05, 3.63) is 66.2 Å². The first-order valence-corrected chi connectivity index (χ1v) is 10.1. The van der Waals surface area contributed by atoms with E-state index < -0.39 is 16.0 Å². The van der Waals surface area contributed by atoms with E-state index in [9.17, 15) is 13.2 Å². The molecular formula is C20H18N2O5S. The number of fused-ring (bicyclic) bond motifs is 1. The van der Waals surface area contributed by atoms with Crippen LogP contribution in [-0.2, 0) is 14.8 Å². The van der Waals surface area contributed by atoms with Crippen molar-refractivity contribution in [1.82, 2.24) is 9.29 Å². The largest absolute Gasteiger partial charge is 0.472 e. The summed E-state index contributed by atoms with van der Waals surface area (Å²) in [5, 5.41) is 1.02. The van der Waals surface area contributed by atoms with Crippen LogP contribution in [0.15, 0.2) is 65.6 Å². The minimum absolute atomic E-state index is 0.127. The third-order valence-corrected chi connectivity index (χ3v) is 6.43. The molecular weight excluding hydrogens is 380 g/mol. The molecule has 1 saturated heterocycles. The van der Waals surface area contributed by atoms with Crippen LogP contribution in [0.5, 0.6) is 5.88 Å². The minimum atomic E-state index is -3.63. The van der Waals surface area contributed by atoms with Crippen molar-refractivity contribution in [3.63, 3.8) is 0 Å². The summed E-state index contributed by atoms with van der Waals surface area (Å²) in [6.45, 7) is 0.491. The number of aromatic nitrogens is 1. The van der Waals surface area contributed by atoms with Gasteiger partial charge in [-0.3, -0.25) is 0 Å². The third kappa shape index (κ3) is 3.44. The lowest BCUT2D eigenvalue weighted by atomic mass is 10.2. The van der Waals surface area contributed by atoms with Crippen molar-refractivity contribution >= 4 is 26.9 Å². The van der Waals surface area contributed by atoms with E-state index in [1.54, 1.807) is 6.07 Å². The molecule has 3 aromatic rings. The van der Waals surface area contributed by atoms with Gasteiger partial charge in [0.25, 0.3) is 0 Å². The molecule has 2 aromatic carbocycles. The van der Waals surface area contributed by atoms with E-state index >= 15 is 0 Å². The average Bonchev–Trinajstić information content (AvgIpc) is 2.69. The van der Waals surface area contributed by atoms with Gasteiger partial charge in [-0.15, -0.1) is 0 Å². The maximum atomic E-state index is 12.7. The second kappa shape index (κ2) is 7.21. The van der Waals surface area contributed by atoms with Crippen LogP contribution in [0.3, 0.4) is 0 Å². The molecule has 2 heterocycles. The summed E-state index contributed by atoms with van der Waals surface area (Å²) >= 11 is 0. The molecule has 7 nitrogen and oxygen atoms in total. The molecule has 1 aliphatic heterocycles. The Labute approximate surface area is 162 Å². The fourth-order valence-corrected chi connectivity index (χ4v) is 4.49. The van der Waals surface area contributed by atoms with Gasteiger partial charge in [-0.05, 0) is 36.4 Å². The van der Waals surface area contributed by atoms with Crippen LogP contribution in [0.1, 0.15) is 10.4 Å². The smallest absolute Gasteiger partial charge is 0.337 e. The number of hydrogen-bond acceptors (Lipinski definition) is 6. The lowest BCUT2D eigenvalue weighted by Crippen LogP contribution is -2.56. The summed E-state index contributed by atoms with van der Waals surface area (Å²) in [6, 6.07) is 17.1. The summed E-state index contributed by atoms with van der Waals surface area (Å²) in [5.74, 6) is -0.0348. The Morgan fingerprint density at radius 1 is 1.04 bits per heavy atom. The first-order valence-electron chi connectivity index (χ1n) is 8.68. The van der Waals surface area contributed by atoms with Crippen molar-refractivity contribution in [2.75, 3.05) is 20.2 Å². The fourth-order valence-electron chi connectivity index (χ4n) is 2.99. The molecule has 1 aliphatic rings. The zero-order chi connectivity index (χ0) is 19.7. The van der Waals surface area contributed by atoms with Crippen LogP contribution >= 0.6 is 0 Å². The average molecular weight is 398 g/mol. The van der Waals surface area contributed by atoms with E-state index in [1.165, 1.54) is 35.7 Å². The SMILES string of the molecule is COC(=O)c1ccc(S(=O)(=O)N2CC(Oc3ccc4ccccc4n3)C2)cc1. The minimum Gasteiger partial charge on any atom is -0.472 e. The molecule has 0 N–H and O–H groups in total. The number of pyridine rings is 1. The number of carbonyl (C=O) groups is 1. The highest BCUT2D eigenvalue weighted by Crippen LogP contribution is 2.25. The highest BCUT2D eigenvalue weighted by atomic mass is 32.2. The fraction of sp³-hybridized carbons (Fsp3) is 0.200. The standard InChI is InChI=1S/C20H18N2O5S/c1-26-20(23)15-6-9-17(10-7-15)28(24,25)22-12-16(13-22)27-19-11-8-14-4-2-3-5-18(14)21-19/h2-11,16H,12-13H2,1H3. The monoisotopic (exact) mass is 398 g/mol. The van der Waals surface area contributed by atoms with Gasteiger partial charge in [0, 0.05) is 11.5 Å². The maximum Gasteiger partial charge on any atom is 0.337 e. The first kappa shape index (κ1) is 18.4. The number of nitrogens with zero attached hydrogens (tertiary/aromatic N) is 2. The number of rotatable bonds is 5. The molecule has 0 bridgehead atoms. The quantitative estimate of drug-likeness (QED) is 0.614. The van der Waals surface area contributed by atoms with Gasteiger partial charge in [0.15, 0.2) is 0 Å². The molecule has 0 spiro atoms.